The van der Waals surface area contributed by atoms with Crippen LogP contribution in [0.5, 0.6) is 0 Å². The Bertz CT molecular complexity index is 725. The van der Waals surface area contributed by atoms with Crippen molar-refractivity contribution in [2.45, 2.75) is 172 Å². The summed E-state index contributed by atoms with van der Waals surface area (Å²) in [6.45, 7) is 5.12. The molecule has 0 radical (unpaired) electrons. The fourth-order valence-corrected chi connectivity index (χ4v) is 8.31. The standard InChI is InChI=1S/C31H54N4O2/c1-31(2)29(36)34(23-32(25-15-7-3-8-16-25)26-17-9-4-10-18-26)30(37)35(31)24-33(27-19-11-5-12-20-27)28-21-13-6-14-22-28/h25-28H,3-24H2,1-2H3. The number of rotatable bonds is 8. The maximum Gasteiger partial charge on any atom is 0.329 e. The summed E-state index contributed by atoms with van der Waals surface area (Å²) in [7, 11) is 0. The second-order valence-electron chi connectivity index (χ2n) is 13.5. The number of urea groups is 1. The Balaban J connectivity index is 1.35. The van der Waals surface area contributed by atoms with E-state index >= 15 is 0 Å². The predicted molar refractivity (Wildman–Crippen MR) is 149 cm³/mol. The Kier molecular flexibility index (Phi) is 9.16. The maximum atomic E-state index is 14.1. The van der Waals surface area contributed by atoms with Gasteiger partial charge in [-0.1, -0.05) is 77.0 Å². The molecule has 6 nitrogen and oxygen atoms in total. The van der Waals surface area contributed by atoms with Gasteiger partial charge >= 0.3 is 6.03 Å². The smallest absolute Gasteiger partial charge is 0.297 e. The van der Waals surface area contributed by atoms with Gasteiger partial charge in [-0.05, 0) is 65.2 Å². The van der Waals surface area contributed by atoms with Crippen LogP contribution in [-0.2, 0) is 4.79 Å². The first-order valence-corrected chi connectivity index (χ1v) is 16.1. The van der Waals surface area contributed by atoms with Crippen LogP contribution < -0.4 is 0 Å². The van der Waals surface area contributed by atoms with Gasteiger partial charge in [0.05, 0.1) is 13.3 Å². The average Bonchev–Trinajstić information content (AvgIpc) is 3.10. The van der Waals surface area contributed by atoms with Gasteiger partial charge in [-0.2, -0.15) is 0 Å². The van der Waals surface area contributed by atoms with Crippen LogP contribution in [0.15, 0.2) is 0 Å². The van der Waals surface area contributed by atoms with Crippen LogP contribution >= 0.6 is 0 Å². The van der Waals surface area contributed by atoms with E-state index in [9.17, 15) is 9.59 Å². The Labute approximate surface area is 226 Å². The summed E-state index contributed by atoms with van der Waals surface area (Å²) >= 11 is 0. The van der Waals surface area contributed by atoms with Gasteiger partial charge in [0.2, 0.25) is 0 Å². The molecule has 0 N–H and O–H groups in total. The highest BCUT2D eigenvalue weighted by molar-refractivity contribution is 6.06. The predicted octanol–water partition coefficient (Wildman–Crippen LogP) is 6.88. The molecule has 210 valence electrons. The van der Waals surface area contributed by atoms with E-state index in [4.69, 9.17) is 0 Å². The molecule has 3 amide bonds. The maximum absolute atomic E-state index is 14.1. The first kappa shape index (κ1) is 27.4. The zero-order valence-electron chi connectivity index (χ0n) is 24.0. The van der Waals surface area contributed by atoms with E-state index in [2.05, 4.69) is 9.80 Å². The summed E-state index contributed by atoms with van der Waals surface area (Å²) in [5.41, 5.74) is -0.774. The molecular formula is C31H54N4O2. The highest BCUT2D eigenvalue weighted by Gasteiger charge is 2.53. The normalized spacial score (nSPS) is 27.7. The number of carbonyl (C=O) groups excluding carboxylic acids is 2. The first-order valence-electron chi connectivity index (χ1n) is 16.1. The molecule has 0 spiro atoms. The van der Waals surface area contributed by atoms with Crippen LogP contribution in [0.1, 0.15) is 142 Å². The molecule has 37 heavy (non-hydrogen) atoms. The molecule has 4 aliphatic carbocycles. The molecule has 4 saturated carbocycles. The largest absolute Gasteiger partial charge is 0.329 e. The summed E-state index contributed by atoms with van der Waals surface area (Å²) in [6, 6.07) is 2.13. The fraction of sp³-hybridized carbons (Fsp3) is 0.935. The van der Waals surface area contributed by atoms with Crippen molar-refractivity contribution < 1.29 is 9.59 Å². The minimum Gasteiger partial charge on any atom is -0.297 e. The summed E-state index contributed by atoms with van der Waals surface area (Å²) in [4.78, 5) is 36.9. The van der Waals surface area contributed by atoms with E-state index in [1.54, 1.807) is 4.90 Å². The minimum absolute atomic E-state index is 0.0151. The van der Waals surface area contributed by atoms with Gasteiger partial charge in [-0.25, -0.2) is 9.69 Å². The molecule has 1 aliphatic heterocycles. The lowest BCUT2D eigenvalue weighted by molar-refractivity contribution is -0.135. The highest BCUT2D eigenvalue weighted by atomic mass is 16.2. The average molecular weight is 515 g/mol. The van der Waals surface area contributed by atoms with E-state index in [1.165, 1.54) is 128 Å². The van der Waals surface area contributed by atoms with Gasteiger partial charge in [0.1, 0.15) is 5.54 Å². The van der Waals surface area contributed by atoms with Gasteiger partial charge in [0.15, 0.2) is 0 Å². The molecule has 0 atom stereocenters. The lowest BCUT2D eigenvalue weighted by atomic mass is 9.89. The summed E-state index contributed by atoms with van der Waals surface area (Å²) < 4.78 is 0. The number of hydrogen-bond donors (Lipinski definition) is 0. The van der Waals surface area contributed by atoms with Gasteiger partial charge in [-0.3, -0.25) is 19.5 Å². The van der Waals surface area contributed by atoms with Gasteiger partial charge in [0, 0.05) is 24.2 Å². The molecule has 0 aromatic carbocycles. The molecular weight excluding hydrogens is 460 g/mol. The number of carbonyl (C=O) groups is 2. The Hall–Kier alpha value is -1.14. The SMILES string of the molecule is CC1(C)C(=O)N(CN(C2CCCCC2)C2CCCCC2)C(=O)N1CN(C1CCCCC1)C1CCCCC1. The van der Waals surface area contributed by atoms with Crippen molar-refractivity contribution in [2.24, 2.45) is 0 Å². The molecule has 5 fully saturated rings. The number of imide groups is 1. The lowest BCUT2D eigenvalue weighted by Crippen LogP contribution is -2.55. The molecule has 0 bridgehead atoms. The van der Waals surface area contributed by atoms with Gasteiger partial charge < -0.3 is 0 Å². The van der Waals surface area contributed by atoms with Crippen LogP contribution in [0.2, 0.25) is 0 Å². The quantitative estimate of drug-likeness (QED) is 0.331. The van der Waals surface area contributed by atoms with Crippen molar-refractivity contribution in [3.63, 3.8) is 0 Å². The van der Waals surface area contributed by atoms with Crippen molar-refractivity contribution in [1.29, 1.82) is 0 Å². The van der Waals surface area contributed by atoms with E-state index in [0.717, 1.165) is 0 Å². The van der Waals surface area contributed by atoms with E-state index < -0.39 is 5.54 Å². The Morgan fingerprint density at radius 3 is 1.24 bits per heavy atom. The van der Waals surface area contributed by atoms with Crippen LogP contribution in [0, 0.1) is 0 Å². The third-order valence-corrected chi connectivity index (χ3v) is 10.7. The lowest BCUT2D eigenvalue weighted by Gasteiger charge is -2.45. The van der Waals surface area contributed by atoms with Crippen molar-refractivity contribution in [3.8, 4) is 0 Å². The number of hydrogen-bond acceptors (Lipinski definition) is 4. The second-order valence-corrected chi connectivity index (χ2v) is 13.5. The molecule has 0 aromatic heterocycles. The molecule has 0 unspecified atom stereocenters. The van der Waals surface area contributed by atoms with Crippen LogP contribution in [0.25, 0.3) is 0 Å². The molecule has 5 rings (SSSR count). The molecule has 5 aliphatic rings. The van der Waals surface area contributed by atoms with Crippen molar-refractivity contribution >= 4 is 11.9 Å². The Morgan fingerprint density at radius 2 is 0.892 bits per heavy atom. The van der Waals surface area contributed by atoms with Crippen LogP contribution in [-0.4, -0.2) is 74.6 Å². The summed E-state index contributed by atoms with van der Waals surface area (Å²) in [6.07, 6.45) is 25.5. The topological polar surface area (TPSA) is 47.1 Å². The Morgan fingerprint density at radius 1 is 0.568 bits per heavy atom. The number of amides is 3. The summed E-state index contributed by atoms with van der Waals surface area (Å²) in [5, 5.41) is 0. The third-order valence-electron chi connectivity index (χ3n) is 10.7. The van der Waals surface area contributed by atoms with E-state index in [-0.39, 0.29) is 11.9 Å². The molecule has 0 aromatic rings. The van der Waals surface area contributed by atoms with Crippen molar-refractivity contribution in [2.75, 3.05) is 13.3 Å². The zero-order valence-corrected chi connectivity index (χ0v) is 24.0. The van der Waals surface area contributed by atoms with E-state index in [0.29, 0.717) is 37.5 Å². The van der Waals surface area contributed by atoms with Crippen LogP contribution in [0.3, 0.4) is 0 Å². The molecule has 1 saturated heterocycles. The van der Waals surface area contributed by atoms with Crippen molar-refractivity contribution in [1.82, 2.24) is 19.6 Å². The second kappa shape index (κ2) is 12.4. The third kappa shape index (κ3) is 6.05. The first-order chi connectivity index (χ1) is 18.0. The molecule has 1 heterocycles. The van der Waals surface area contributed by atoms with Crippen molar-refractivity contribution in [3.05, 3.63) is 0 Å². The fourth-order valence-electron chi connectivity index (χ4n) is 8.31. The zero-order chi connectivity index (χ0) is 25.8. The van der Waals surface area contributed by atoms with E-state index in [1.807, 2.05) is 18.7 Å². The van der Waals surface area contributed by atoms with Crippen LogP contribution in [0.4, 0.5) is 4.79 Å². The number of nitrogens with zero attached hydrogens (tertiary/aromatic N) is 4. The van der Waals surface area contributed by atoms with Gasteiger partial charge in [-0.15, -0.1) is 0 Å². The minimum atomic E-state index is -0.774. The van der Waals surface area contributed by atoms with Gasteiger partial charge in [0.25, 0.3) is 5.91 Å². The summed E-state index contributed by atoms with van der Waals surface area (Å²) in [5.74, 6) is 0.0151. The monoisotopic (exact) mass is 514 g/mol. The highest BCUT2D eigenvalue weighted by Crippen LogP contribution is 2.36. The molecule has 6 heteroatoms.